The van der Waals surface area contributed by atoms with Gasteiger partial charge in [0.2, 0.25) is 0 Å². The molecule has 0 aliphatic rings. The fourth-order valence-electron chi connectivity index (χ4n) is 0.627. The summed E-state index contributed by atoms with van der Waals surface area (Å²) in [6.07, 6.45) is 0. The van der Waals surface area contributed by atoms with E-state index in [0.29, 0.717) is 11.3 Å². The van der Waals surface area contributed by atoms with Crippen LogP contribution in [0.4, 0.5) is 10.7 Å². The van der Waals surface area contributed by atoms with E-state index in [1.54, 1.807) is 6.07 Å². The molecule has 0 spiro atoms. The van der Waals surface area contributed by atoms with Gasteiger partial charge in [-0.1, -0.05) is 11.3 Å². The Kier molecular flexibility index (Phi) is 2.12. The summed E-state index contributed by atoms with van der Waals surface area (Å²) in [5, 5.41) is 18.5. The van der Waals surface area contributed by atoms with Gasteiger partial charge >= 0.3 is 5.00 Å². The minimum absolute atomic E-state index is 0.0780. The van der Waals surface area contributed by atoms with Crippen LogP contribution in [0, 0.1) is 21.4 Å². The second-order valence-corrected chi connectivity index (χ2v) is 3.26. The van der Waals surface area contributed by atoms with E-state index in [4.69, 9.17) is 23.6 Å². The number of nitrogens with zero attached hydrogens (tertiary/aromatic N) is 2. The third-order valence-corrected chi connectivity index (χ3v) is 2.76. The molecule has 0 fully saturated rings. The number of rotatable bonds is 1. The van der Waals surface area contributed by atoms with E-state index < -0.39 is 4.92 Å². The molecule has 0 aromatic carbocycles. The SMILES string of the molecule is N#Cc1sc([N+](=O)[O-])c(N)c1[S-]. The van der Waals surface area contributed by atoms with Crippen molar-refractivity contribution in [2.75, 3.05) is 5.73 Å². The maximum absolute atomic E-state index is 10.3. The molecule has 0 atom stereocenters. The van der Waals surface area contributed by atoms with Crippen molar-refractivity contribution in [1.29, 1.82) is 5.26 Å². The lowest BCUT2D eigenvalue weighted by atomic mass is 10.4. The quantitative estimate of drug-likeness (QED) is 0.415. The first-order valence-corrected chi connectivity index (χ1v) is 3.94. The van der Waals surface area contributed by atoms with Crippen LogP contribution in [0.5, 0.6) is 0 Å². The zero-order chi connectivity index (χ0) is 9.30. The lowest BCUT2D eigenvalue weighted by Crippen LogP contribution is -1.91. The summed E-state index contributed by atoms with van der Waals surface area (Å²) in [6.45, 7) is 0. The molecule has 0 saturated heterocycles. The van der Waals surface area contributed by atoms with Gasteiger partial charge in [-0.3, -0.25) is 10.1 Å². The molecule has 1 heterocycles. The molecule has 1 aromatic heterocycles. The summed E-state index contributed by atoms with van der Waals surface area (Å²) < 4.78 is 0. The van der Waals surface area contributed by atoms with Gasteiger partial charge in [-0.15, -0.1) is 4.90 Å². The normalized spacial score (nSPS) is 9.25. The van der Waals surface area contributed by atoms with E-state index in [0.717, 1.165) is 0 Å². The minimum Gasteiger partial charge on any atom is -0.775 e. The first kappa shape index (κ1) is 8.70. The van der Waals surface area contributed by atoms with Crippen LogP contribution in [-0.2, 0) is 12.6 Å². The second kappa shape index (κ2) is 2.92. The molecule has 5 nitrogen and oxygen atoms in total. The van der Waals surface area contributed by atoms with Crippen LogP contribution < -0.4 is 5.73 Å². The van der Waals surface area contributed by atoms with E-state index in [1.807, 2.05) is 0 Å². The van der Waals surface area contributed by atoms with Gasteiger partial charge in [0.15, 0.2) is 0 Å². The Morgan fingerprint density at radius 3 is 2.58 bits per heavy atom. The highest BCUT2D eigenvalue weighted by molar-refractivity contribution is 7.59. The largest absolute Gasteiger partial charge is 0.775 e. The fourth-order valence-corrected chi connectivity index (χ4v) is 1.69. The summed E-state index contributed by atoms with van der Waals surface area (Å²) in [6, 6.07) is 1.74. The monoisotopic (exact) mass is 200 g/mol. The molecule has 0 radical (unpaired) electrons. The fraction of sp³-hybridized carbons (Fsp3) is 0. The average molecular weight is 200 g/mol. The second-order valence-electron chi connectivity index (χ2n) is 1.85. The Morgan fingerprint density at radius 2 is 2.33 bits per heavy atom. The van der Waals surface area contributed by atoms with Crippen molar-refractivity contribution in [1.82, 2.24) is 0 Å². The maximum Gasteiger partial charge on any atom is 0.346 e. The van der Waals surface area contributed by atoms with Crippen LogP contribution in [0.25, 0.3) is 0 Å². The molecule has 2 N–H and O–H groups in total. The van der Waals surface area contributed by atoms with Crippen molar-refractivity contribution in [3.05, 3.63) is 15.0 Å². The average Bonchev–Trinajstić information content (AvgIpc) is 2.30. The molecule has 0 unspecified atom stereocenters. The van der Waals surface area contributed by atoms with E-state index in [2.05, 4.69) is 0 Å². The Labute approximate surface area is 77.0 Å². The van der Waals surface area contributed by atoms with Gasteiger partial charge in [-0.25, -0.2) is 0 Å². The molecule has 0 aliphatic carbocycles. The van der Waals surface area contributed by atoms with Gasteiger partial charge in [0.1, 0.15) is 11.8 Å². The van der Waals surface area contributed by atoms with E-state index in [1.165, 1.54) is 0 Å². The third kappa shape index (κ3) is 1.17. The molecule has 62 valence electrons. The number of hydrogen-bond donors (Lipinski definition) is 1. The zero-order valence-electron chi connectivity index (χ0n) is 5.60. The van der Waals surface area contributed by atoms with Crippen molar-refractivity contribution >= 4 is 34.7 Å². The highest BCUT2D eigenvalue weighted by Gasteiger charge is 2.17. The van der Waals surface area contributed by atoms with Crippen LogP contribution in [0.1, 0.15) is 4.88 Å². The highest BCUT2D eigenvalue weighted by atomic mass is 32.1. The van der Waals surface area contributed by atoms with Crippen LogP contribution >= 0.6 is 11.3 Å². The highest BCUT2D eigenvalue weighted by Crippen LogP contribution is 2.36. The lowest BCUT2D eigenvalue weighted by Gasteiger charge is -2.00. The molecule has 0 bridgehead atoms. The first-order chi connectivity index (χ1) is 5.57. The molecule has 0 amide bonds. The van der Waals surface area contributed by atoms with Crippen molar-refractivity contribution in [3.8, 4) is 6.07 Å². The number of nitriles is 1. The summed E-state index contributed by atoms with van der Waals surface area (Å²) >= 11 is 5.40. The topological polar surface area (TPSA) is 92.9 Å². The zero-order valence-corrected chi connectivity index (χ0v) is 7.24. The molecule has 0 aliphatic heterocycles. The first-order valence-electron chi connectivity index (χ1n) is 2.71. The smallest absolute Gasteiger partial charge is 0.346 e. The van der Waals surface area contributed by atoms with E-state index in [9.17, 15) is 10.1 Å². The maximum atomic E-state index is 10.3. The molecular weight excluding hydrogens is 198 g/mol. The number of nitrogen functional groups attached to an aromatic ring is 1. The predicted octanol–water partition coefficient (Wildman–Crippen LogP) is 1.02. The third-order valence-electron chi connectivity index (χ3n) is 1.15. The summed E-state index contributed by atoms with van der Waals surface area (Å²) in [5.41, 5.74) is 5.21. The number of hydrogen-bond acceptors (Lipinski definition) is 6. The van der Waals surface area contributed by atoms with E-state index in [-0.39, 0.29) is 20.5 Å². The molecule has 7 heteroatoms. The Balaban J connectivity index is 3.37. The Hall–Kier alpha value is -1.39. The Bertz CT molecular complexity index is 379. The number of nitrogens with two attached hydrogens (primary N) is 1. The van der Waals surface area contributed by atoms with Crippen molar-refractivity contribution in [2.45, 2.75) is 4.90 Å². The molecule has 1 aromatic rings. The van der Waals surface area contributed by atoms with Gasteiger partial charge in [0.25, 0.3) is 0 Å². The number of anilines is 1. The van der Waals surface area contributed by atoms with Crippen LogP contribution in [0.2, 0.25) is 0 Å². The van der Waals surface area contributed by atoms with Gasteiger partial charge in [-0.2, -0.15) is 5.26 Å². The standard InChI is InChI=1S/C5H3N3O2S2/c6-1-2-4(11)3(7)5(12-2)8(9)10/h11H,7H2/p-1. The van der Waals surface area contributed by atoms with Gasteiger partial charge < -0.3 is 18.4 Å². The van der Waals surface area contributed by atoms with Gasteiger partial charge in [0, 0.05) is 0 Å². The van der Waals surface area contributed by atoms with Gasteiger partial charge in [0.05, 0.1) is 9.80 Å². The molecule has 0 saturated carbocycles. The molecular formula is C5H2N3O2S2-. The molecule has 1 rings (SSSR count). The summed E-state index contributed by atoms with van der Waals surface area (Å²) in [4.78, 5) is 9.84. The van der Waals surface area contributed by atoms with Crippen molar-refractivity contribution < 1.29 is 4.92 Å². The van der Waals surface area contributed by atoms with Crippen LogP contribution in [0.3, 0.4) is 0 Å². The number of nitro groups is 1. The van der Waals surface area contributed by atoms with Crippen LogP contribution in [0.15, 0.2) is 4.90 Å². The number of thiophene rings is 1. The van der Waals surface area contributed by atoms with Crippen LogP contribution in [-0.4, -0.2) is 4.92 Å². The van der Waals surface area contributed by atoms with Crippen molar-refractivity contribution in [3.63, 3.8) is 0 Å². The van der Waals surface area contributed by atoms with Gasteiger partial charge in [-0.05, 0) is 0 Å². The van der Waals surface area contributed by atoms with E-state index >= 15 is 0 Å². The lowest BCUT2D eigenvalue weighted by molar-refractivity contribution is -0.379. The van der Waals surface area contributed by atoms with Crippen molar-refractivity contribution in [2.24, 2.45) is 0 Å². The molecule has 12 heavy (non-hydrogen) atoms. The minimum atomic E-state index is -0.642. The predicted molar refractivity (Wildman–Crippen MR) is 45.7 cm³/mol. The summed E-state index contributed by atoms with van der Waals surface area (Å²) in [5.74, 6) is 0. The summed E-state index contributed by atoms with van der Waals surface area (Å²) in [7, 11) is 0. The Morgan fingerprint density at radius 1 is 1.75 bits per heavy atom.